The smallest absolute Gasteiger partial charge is 0.317 e. The highest BCUT2D eigenvalue weighted by Gasteiger charge is 2.26. The van der Waals surface area contributed by atoms with Crippen LogP contribution in [0.1, 0.15) is 17.0 Å². The molecule has 3 heteroatoms. The lowest BCUT2D eigenvalue weighted by molar-refractivity contribution is -0.141. The summed E-state index contributed by atoms with van der Waals surface area (Å²) < 4.78 is 10.3. The van der Waals surface area contributed by atoms with Crippen LogP contribution in [0.25, 0.3) is 0 Å². The molecular formula is C16H16O3. The van der Waals surface area contributed by atoms with Crippen LogP contribution in [0.2, 0.25) is 0 Å². The summed E-state index contributed by atoms with van der Waals surface area (Å²) >= 11 is 0. The molecule has 19 heavy (non-hydrogen) atoms. The molecule has 1 unspecified atom stereocenters. The number of esters is 1. The largest absolute Gasteiger partial charge is 0.496 e. The highest BCUT2D eigenvalue weighted by atomic mass is 16.5. The lowest BCUT2D eigenvalue weighted by atomic mass is 9.91. The van der Waals surface area contributed by atoms with Crippen molar-refractivity contribution >= 4 is 5.97 Å². The van der Waals surface area contributed by atoms with Gasteiger partial charge in [0.25, 0.3) is 0 Å². The Balaban J connectivity index is 2.53. The summed E-state index contributed by atoms with van der Waals surface area (Å²) in [5.74, 6) is -0.0835. The fraction of sp³-hybridized carbons (Fsp3) is 0.188. The molecule has 0 saturated heterocycles. The van der Waals surface area contributed by atoms with Gasteiger partial charge in [-0.05, 0) is 11.6 Å². The number of hydrogen-bond acceptors (Lipinski definition) is 3. The first kappa shape index (κ1) is 13.1. The van der Waals surface area contributed by atoms with Crippen molar-refractivity contribution in [3.63, 3.8) is 0 Å². The van der Waals surface area contributed by atoms with Crippen molar-refractivity contribution in [2.75, 3.05) is 14.2 Å². The van der Waals surface area contributed by atoms with E-state index in [4.69, 9.17) is 9.47 Å². The molecule has 0 aliphatic rings. The predicted molar refractivity (Wildman–Crippen MR) is 73.3 cm³/mol. The van der Waals surface area contributed by atoms with Gasteiger partial charge in [0.1, 0.15) is 11.7 Å². The van der Waals surface area contributed by atoms with Gasteiger partial charge in [-0.2, -0.15) is 0 Å². The third-order valence-corrected chi connectivity index (χ3v) is 3.02. The maximum Gasteiger partial charge on any atom is 0.317 e. The Morgan fingerprint density at radius 2 is 1.58 bits per heavy atom. The topological polar surface area (TPSA) is 35.5 Å². The van der Waals surface area contributed by atoms with Gasteiger partial charge in [0.05, 0.1) is 14.2 Å². The van der Waals surface area contributed by atoms with Crippen LogP contribution >= 0.6 is 0 Å². The maximum absolute atomic E-state index is 12.1. The number of rotatable bonds is 4. The standard InChI is InChI=1S/C16H16O3/c1-18-14-11-7-6-10-13(14)15(16(17)19-2)12-8-4-3-5-9-12/h3-11,15H,1-2H3. The molecule has 3 nitrogen and oxygen atoms in total. The second kappa shape index (κ2) is 6.05. The lowest BCUT2D eigenvalue weighted by Gasteiger charge is -2.18. The van der Waals surface area contributed by atoms with Gasteiger partial charge >= 0.3 is 5.97 Å². The van der Waals surface area contributed by atoms with Gasteiger partial charge in [-0.15, -0.1) is 0 Å². The number of ether oxygens (including phenoxy) is 2. The van der Waals surface area contributed by atoms with E-state index in [0.29, 0.717) is 5.75 Å². The first-order valence-electron chi connectivity index (χ1n) is 6.03. The van der Waals surface area contributed by atoms with Crippen molar-refractivity contribution < 1.29 is 14.3 Å². The highest BCUT2D eigenvalue weighted by molar-refractivity contribution is 5.83. The molecule has 0 amide bonds. The number of carbonyl (C=O) groups is 1. The average Bonchev–Trinajstić information content (AvgIpc) is 2.49. The Bertz CT molecular complexity index is 549. The van der Waals surface area contributed by atoms with E-state index < -0.39 is 5.92 Å². The molecule has 98 valence electrons. The minimum Gasteiger partial charge on any atom is -0.496 e. The molecule has 0 spiro atoms. The molecule has 2 rings (SSSR count). The predicted octanol–water partition coefficient (Wildman–Crippen LogP) is 3.00. The van der Waals surface area contributed by atoms with Crippen molar-refractivity contribution in [2.45, 2.75) is 5.92 Å². The summed E-state index contributed by atoms with van der Waals surface area (Å²) in [6.45, 7) is 0. The van der Waals surface area contributed by atoms with E-state index in [0.717, 1.165) is 11.1 Å². The molecule has 0 fully saturated rings. The molecule has 2 aromatic rings. The zero-order chi connectivity index (χ0) is 13.7. The minimum atomic E-state index is -0.470. The van der Waals surface area contributed by atoms with Crippen LogP contribution in [-0.2, 0) is 9.53 Å². The SMILES string of the molecule is COC(=O)C(c1ccccc1)c1ccccc1OC. The van der Waals surface area contributed by atoms with Crippen molar-refractivity contribution in [1.29, 1.82) is 0 Å². The van der Waals surface area contributed by atoms with Gasteiger partial charge in [0.15, 0.2) is 0 Å². The van der Waals surface area contributed by atoms with Gasteiger partial charge in [-0.25, -0.2) is 0 Å². The Morgan fingerprint density at radius 1 is 0.947 bits per heavy atom. The summed E-state index contributed by atoms with van der Waals surface area (Å²) in [6.07, 6.45) is 0. The van der Waals surface area contributed by atoms with Gasteiger partial charge < -0.3 is 9.47 Å². The molecule has 0 N–H and O–H groups in total. The van der Waals surface area contributed by atoms with E-state index in [-0.39, 0.29) is 5.97 Å². The summed E-state index contributed by atoms with van der Waals surface area (Å²) in [4.78, 5) is 12.1. The molecule has 0 bridgehead atoms. The van der Waals surface area contributed by atoms with Crippen LogP contribution in [0, 0.1) is 0 Å². The van der Waals surface area contributed by atoms with E-state index in [1.165, 1.54) is 7.11 Å². The fourth-order valence-electron chi connectivity index (χ4n) is 2.11. The van der Waals surface area contributed by atoms with Crippen molar-refractivity contribution in [2.24, 2.45) is 0 Å². The van der Waals surface area contributed by atoms with E-state index >= 15 is 0 Å². The molecule has 0 radical (unpaired) electrons. The molecule has 2 aromatic carbocycles. The van der Waals surface area contributed by atoms with Crippen LogP contribution < -0.4 is 4.74 Å². The Labute approximate surface area is 112 Å². The number of para-hydroxylation sites is 1. The number of carbonyl (C=O) groups excluding carboxylic acids is 1. The Morgan fingerprint density at radius 3 is 2.21 bits per heavy atom. The van der Waals surface area contributed by atoms with E-state index in [2.05, 4.69) is 0 Å². The Kier molecular flexibility index (Phi) is 4.18. The highest BCUT2D eigenvalue weighted by Crippen LogP contribution is 2.32. The van der Waals surface area contributed by atoms with E-state index in [1.807, 2.05) is 54.6 Å². The third kappa shape index (κ3) is 2.76. The van der Waals surface area contributed by atoms with Crippen LogP contribution in [0.5, 0.6) is 5.75 Å². The monoisotopic (exact) mass is 256 g/mol. The Hall–Kier alpha value is -2.29. The quantitative estimate of drug-likeness (QED) is 0.789. The summed E-state index contributed by atoms with van der Waals surface area (Å²) in [6, 6.07) is 17.0. The molecule has 1 atom stereocenters. The molecule has 0 heterocycles. The molecule has 0 aromatic heterocycles. The fourth-order valence-corrected chi connectivity index (χ4v) is 2.11. The lowest BCUT2D eigenvalue weighted by Crippen LogP contribution is -2.16. The van der Waals surface area contributed by atoms with Gasteiger partial charge in [-0.1, -0.05) is 48.5 Å². The normalized spacial score (nSPS) is 11.7. The van der Waals surface area contributed by atoms with Crippen molar-refractivity contribution in [3.8, 4) is 5.75 Å². The number of methoxy groups -OCH3 is 2. The van der Waals surface area contributed by atoms with Gasteiger partial charge in [0.2, 0.25) is 0 Å². The second-order valence-electron chi connectivity index (χ2n) is 4.11. The van der Waals surface area contributed by atoms with Gasteiger partial charge in [-0.3, -0.25) is 4.79 Å². The first-order valence-corrected chi connectivity index (χ1v) is 6.03. The minimum absolute atomic E-state index is 0.296. The molecular weight excluding hydrogens is 240 g/mol. The van der Waals surface area contributed by atoms with Crippen molar-refractivity contribution in [3.05, 3.63) is 65.7 Å². The van der Waals surface area contributed by atoms with E-state index in [1.54, 1.807) is 7.11 Å². The molecule has 0 saturated carbocycles. The number of benzene rings is 2. The molecule has 0 aliphatic heterocycles. The average molecular weight is 256 g/mol. The summed E-state index contributed by atoms with van der Waals surface area (Å²) in [7, 11) is 2.99. The zero-order valence-electron chi connectivity index (χ0n) is 11.0. The summed E-state index contributed by atoms with van der Waals surface area (Å²) in [5.41, 5.74) is 1.70. The zero-order valence-corrected chi connectivity index (χ0v) is 11.0. The van der Waals surface area contributed by atoms with Crippen LogP contribution in [0.15, 0.2) is 54.6 Å². The third-order valence-electron chi connectivity index (χ3n) is 3.02. The summed E-state index contributed by atoms with van der Waals surface area (Å²) in [5, 5.41) is 0. The first-order chi connectivity index (χ1) is 9.27. The molecule has 0 aliphatic carbocycles. The van der Waals surface area contributed by atoms with Crippen LogP contribution in [-0.4, -0.2) is 20.2 Å². The number of hydrogen-bond donors (Lipinski definition) is 0. The second-order valence-corrected chi connectivity index (χ2v) is 4.11. The van der Waals surface area contributed by atoms with Crippen LogP contribution in [0.4, 0.5) is 0 Å². The van der Waals surface area contributed by atoms with E-state index in [9.17, 15) is 4.79 Å². The van der Waals surface area contributed by atoms with Crippen molar-refractivity contribution in [1.82, 2.24) is 0 Å². The van der Waals surface area contributed by atoms with Crippen LogP contribution in [0.3, 0.4) is 0 Å². The maximum atomic E-state index is 12.1. The van der Waals surface area contributed by atoms with Gasteiger partial charge in [0, 0.05) is 5.56 Å².